The summed E-state index contributed by atoms with van der Waals surface area (Å²) in [6.07, 6.45) is 1.99. The summed E-state index contributed by atoms with van der Waals surface area (Å²) < 4.78 is 17.9. The Kier molecular flexibility index (Phi) is 5.52. The number of benzene rings is 1. The molecule has 1 amide bonds. The van der Waals surface area contributed by atoms with Gasteiger partial charge in [0.15, 0.2) is 0 Å². The molecule has 3 heterocycles. The van der Waals surface area contributed by atoms with Crippen LogP contribution in [0, 0.1) is 19.7 Å². The molecule has 3 aromatic rings. The maximum absolute atomic E-state index is 13.1. The highest BCUT2D eigenvalue weighted by molar-refractivity contribution is 5.76. The summed E-state index contributed by atoms with van der Waals surface area (Å²) in [5, 5.41) is 11.9. The number of hydrogen-bond donors (Lipinski definition) is 1. The number of carbonyl (C=O) groups is 1. The molecule has 0 bridgehead atoms. The first-order valence-electron chi connectivity index (χ1n) is 10.1. The fourth-order valence-corrected chi connectivity index (χ4v) is 3.88. The summed E-state index contributed by atoms with van der Waals surface area (Å²) in [4.78, 5) is 25.2. The van der Waals surface area contributed by atoms with Crippen LogP contribution in [0.3, 0.4) is 0 Å². The lowest BCUT2D eigenvalue weighted by Crippen LogP contribution is -2.38. The largest absolute Gasteiger partial charge is 0.352 e. The van der Waals surface area contributed by atoms with Gasteiger partial charge in [-0.2, -0.15) is 10.2 Å². The van der Waals surface area contributed by atoms with Crippen molar-refractivity contribution >= 4 is 5.91 Å². The molecule has 0 saturated carbocycles. The molecule has 0 radical (unpaired) electrons. The first kappa shape index (κ1) is 20.1. The molecule has 4 rings (SSSR count). The van der Waals surface area contributed by atoms with Gasteiger partial charge in [0.05, 0.1) is 12.2 Å². The summed E-state index contributed by atoms with van der Waals surface area (Å²) in [6.45, 7) is 4.82. The van der Waals surface area contributed by atoms with Crippen molar-refractivity contribution in [3.05, 3.63) is 69.4 Å². The van der Waals surface area contributed by atoms with E-state index in [-0.39, 0.29) is 30.0 Å². The van der Waals surface area contributed by atoms with Crippen LogP contribution in [0.4, 0.5) is 4.39 Å². The van der Waals surface area contributed by atoms with Crippen LogP contribution < -0.4 is 11.0 Å². The van der Waals surface area contributed by atoms with Crippen molar-refractivity contribution in [1.82, 2.24) is 29.4 Å². The smallest absolute Gasteiger partial charge is 0.346 e. The molecule has 30 heavy (non-hydrogen) atoms. The first-order valence-corrected chi connectivity index (χ1v) is 10.1. The molecule has 1 atom stereocenters. The minimum absolute atomic E-state index is 0.0129. The molecule has 0 saturated heterocycles. The van der Waals surface area contributed by atoms with Crippen LogP contribution in [0.1, 0.15) is 35.6 Å². The second-order valence-corrected chi connectivity index (χ2v) is 7.81. The number of halogens is 1. The van der Waals surface area contributed by atoms with Crippen molar-refractivity contribution in [3.8, 4) is 0 Å². The molecular weight excluding hydrogens is 387 g/mol. The molecule has 158 valence electrons. The summed E-state index contributed by atoms with van der Waals surface area (Å²) in [6, 6.07) is 7.98. The Hall–Kier alpha value is -3.23. The Morgan fingerprint density at radius 1 is 1.17 bits per heavy atom. The van der Waals surface area contributed by atoms with Gasteiger partial charge in [-0.3, -0.25) is 14.0 Å². The van der Waals surface area contributed by atoms with E-state index in [0.29, 0.717) is 25.9 Å². The van der Waals surface area contributed by atoms with E-state index >= 15 is 0 Å². The highest BCUT2D eigenvalue weighted by Crippen LogP contribution is 2.13. The Morgan fingerprint density at radius 2 is 1.93 bits per heavy atom. The van der Waals surface area contributed by atoms with E-state index in [4.69, 9.17) is 0 Å². The molecule has 0 fully saturated rings. The van der Waals surface area contributed by atoms with Crippen molar-refractivity contribution < 1.29 is 9.18 Å². The zero-order valence-corrected chi connectivity index (χ0v) is 17.1. The third kappa shape index (κ3) is 4.34. The molecular formula is C21H25FN6O2. The molecule has 0 spiro atoms. The average Bonchev–Trinajstić information content (AvgIpc) is 3.08. The number of carbonyl (C=O) groups excluding carboxylic acids is 1. The van der Waals surface area contributed by atoms with Crippen LogP contribution in [-0.4, -0.2) is 36.1 Å². The predicted molar refractivity (Wildman–Crippen MR) is 109 cm³/mol. The van der Waals surface area contributed by atoms with Crippen molar-refractivity contribution in [3.63, 3.8) is 0 Å². The zero-order valence-electron chi connectivity index (χ0n) is 17.1. The minimum atomic E-state index is -0.308. The molecule has 1 unspecified atom stereocenters. The van der Waals surface area contributed by atoms with Crippen LogP contribution in [0.15, 0.2) is 35.1 Å². The van der Waals surface area contributed by atoms with Gasteiger partial charge >= 0.3 is 5.69 Å². The molecule has 2 aromatic heterocycles. The molecule has 1 aliphatic rings. The summed E-state index contributed by atoms with van der Waals surface area (Å²) in [7, 11) is 0. The number of nitrogens with zero attached hydrogens (tertiary/aromatic N) is 5. The van der Waals surface area contributed by atoms with Crippen LogP contribution >= 0.6 is 0 Å². The number of nitrogens with one attached hydrogen (secondary N) is 1. The van der Waals surface area contributed by atoms with E-state index in [0.717, 1.165) is 29.2 Å². The molecule has 8 nitrogen and oxygen atoms in total. The number of hydrogen-bond acceptors (Lipinski definition) is 4. The van der Waals surface area contributed by atoms with E-state index in [1.165, 1.54) is 16.8 Å². The Morgan fingerprint density at radius 3 is 2.63 bits per heavy atom. The fraction of sp³-hybridized carbons (Fsp3) is 0.429. The Balaban J connectivity index is 1.38. The SMILES string of the molecule is Cc1cc(C)n(CC(=O)NC2CCc3nn(Cc4ccc(F)cc4)c(=O)n3CC2)n1. The summed E-state index contributed by atoms with van der Waals surface area (Å²) in [5.74, 6) is 0.328. The summed E-state index contributed by atoms with van der Waals surface area (Å²) >= 11 is 0. The Labute approximate surface area is 173 Å². The lowest BCUT2D eigenvalue weighted by molar-refractivity contribution is -0.122. The summed E-state index contributed by atoms with van der Waals surface area (Å²) in [5.41, 5.74) is 2.48. The van der Waals surface area contributed by atoms with Gasteiger partial charge in [-0.25, -0.2) is 13.9 Å². The van der Waals surface area contributed by atoms with Crippen LogP contribution in [0.25, 0.3) is 0 Å². The topological polar surface area (TPSA) is 86.7 Å². The maximum Gasteiger partial charge on any atom is 0.346 e. The van der Waals surface area contributed by atoms with Gasteiger partial charge in [0.1, 0.15) is 18.2 Å². The standard InChI is InChI=1S/C21H25FN6O2/c1-14-11-15(2)27(24-14)13-20(29)23-18-7-8-19-25-28(21(30)26(19)10-9-18)12-16-3-5-17(22)6-4-16/h3-6,11,18H,7-10,12-13H2,1-2H3,(H,23,29). The predicted octanol–water partition coefficient (Wildman–Crippen LogP) is 1.57. The van der Waals surface area contributed by atoms with E-state index in [2.05, 4.69) is 15.5 Å². The second-order valence-electron chi connectivity index (χ2n) is 7.81. The van der Waals surface area contributed by atoms with Crippen molar-refractivity contribution in [2.45, 2.75) is 58.8 Å². The van der Waals surface area contributed by atoms with Gasteiger partial charge in [0, 0.05) is 24.7 Å². The lowest BCUT2D eigenvalue weighted by atomic mass is 10.1. The van der Waals surface area contributed by atoms with Crippen LogP contribution in [0.5, 0.6) is 0 Å². The van der Waals surface area contributed by atoms with Gasteiger partial charge in [0.25, 0.3) is 0 Å². The number of fused-ring (bicyclic) bond motifs is 1. The van der Waals surface area contributed by atoms with E-state index in [9.17, 15) is 14.0 Å². The minimum Gasteiger partial charge on any atom is -0.352 e. The van der Waals surface area contributed by atoms with Crippen molar-refractivity contribution in [2.24, 2.45) is 0 Å². The molecule has 1 aliphatic heterocycles. The van der Waals surface area contributed by atoms with Crippen LogP contribution in [0.2, 0.25) is 0 Å². The maximum atomic E-state index is 13.1. The highest BCUT2D eigenvalue weighted by Gasteiger charge is 2.22. The van der Waals surface area contributed by atoms with Gasteiger partial charge in [0.2, 0.25) is 5.91 Å². The Bertz CT molecular complexity index is 1110. The van der Waals surface area contributed by atoms with Gasteiger partial charge in [-0.05, 0) is 50.5 Å². The third-order valence-electron chi connectivity index (χ3n) is 5.42. The van der Waals surface area contributed by atoms with Crippen molar-refractivity contribution in [1.29, 1.82) is 0 Å². The van der Waals surface area contributed by atoms with Gasteiger partial charge in [-0.15, -0.1) is 0 Å². The second kappa shape index (κ2) is 8.25. The third-order valence-corrected chi connectivity index (χ3v) is 5.42. The van der Waals surface area contributed by atoms with E-state index in [1.54, 1.807) is 21.4 Å². The normalized spacial score (nSPS) is 16.2. The zero-order chi connectivity index (χ0) is 21.3. The van der Waals surface area contributed by atoms with E-state index in [1.807, 2.05) is 19.9 Å². The first-order chi connectivity index (χ1) is 14.4. The molecule has 1 aromatic carbocycles. The monoisotopic (exact) mass is 412 g/mol. The fourth-order valence-electron chi connectivity index (χ4n) is 3.88. The van der Waals surface area contributed by atoms with Gasteiger partial charge in [-0.1, -0.05) is 12.1 Å². The van der Waals surface area contributed by atoms with Gasteiger partial charge < -0.3 is 5.32 Å². The number of rotatable bonds is 5. The van der Waals surface area contributed by atoms with Crippen LogP contribution in [-0.2, 0) is 30.8 Å². The average molecular weight is 412 g/mol. The van der Waals surface area contributed by atoms with E-state index < -0.39 is 0 Å². The number of aryl methyl sites for hydroxylation is 3. The quantitative estimate of drug-likeness (QED) is 0.689. The number of amides is 1. The number of aromatic nitrogens is 5. The lowest BCUT2D eigenvalue weighted by Gasteiger charge is -2.16. The molecule has 0 aliphatic carbocycles. The van der Waals surface area contributed by atoms with Crippen molar-refractivity contribution in [2.75, 3.05) is 0 Å². The molecule has 9 heteroatoms. The molecule has 1 N–H and O–H groups in total. The highest BCUT2D eigenvalue weighted by atomic mass is 19.1.